The van der Waals surface area contributed by atoms with E-state index >= 15 is 0 Å². The highest BCUT2D eigenvalue weighted by Crippen LogP contribution is 2.51. The maximum Gasteiger partial charge on any atom is 0.161 e. The van der Waals surface area contributed by atoms with Crippen molar-refractivity contribution in [3.05, 3.63) is 47.0 Å². The second kappa shape index (κ2) is 4.34. The molecule has 2 aromatic rings. The lowest BCUT2D eigenvalue weighted by molar-refractivity contribution is 0.397. The molecule has 0 saturated carbocycles. The zero-order valence-corrected chi connectivity index (χ0v) is 11.0. The molecular formula is C16H16O4. The van der Waals surface area contributed by atoms with Gasteiger partial charge in [0.1, 0.15) is 0 Å². The summed E-state index contributed by atoms with van der Waals surface area (Å²) in [6, 6.07) is 8.00. The minimum Gasteiger partial charge on any atom is -0.504 e. The van der Waals surface area contributed by atoms with E-state index in [1.165, 1.54) is 18.2 Å². The Labute approximate surface area is 116 Å². The van der Waals surface area contributed by atoms with E-state index in [9.17, 15) is 20.4 Å². The van der Waals surface area contributed by atoms with Crippen LogP contribution in [0.1, 0.15) is 41.9 Å². The van der Waals surface area contributed by atoms with Crippen LogP contribution in [-0.4, -0.2) is 20.4 Å². The van der Waals surface area contributed by atoms with Crippen molar-refractivity contribution < 1.29 is 20.4 Å². The number of hydrogen-bond acceptors (Lipinski definition) is 4. The first-order chi connectivity index (χ1) is 9.49. The smallest absolute Gasteiger partial charge is 0.161 e. The number of benzene rings is 2. The van der Waals surface area contributed by atoms with Gasteiger partial charge >= 0.3 is 0 Å². The van der Waals surface area contributed by atoms with Crippen LogP contribution >= 0.6 is 0 Å². The fraction of sp³-hybridized carbons (Fsp3) is 0.250. The van der Waals surface area contributed by atoms with Gasteiger partial charge in [-0.1, -0.05) is 19.1 Å². The third kappa shape index (κ3) is 1.76. The summed E-state index contributed by atoms with van der Waals surface area (Å²) < 4.78 is 0. The number of phenolic OH excluding ortho intramolecular Hbond substituents is 4. The summed E-state index contributed by atoms with van der Waals surface area (Å²) in [5.41, 5.74) is 2.53. The van der Waals surface area contributed by atoms with Crippen LogP contribution in [0.3, 0.4) is 0 Å². The van der Waals surface area contributed by atoms with Crippen LogP contribution in [0.5, 0.6) is 23.0 Å². The summed E-state index contributed by atoms with van der Waals surface area (Å²) >= 11 is 0. The van der Waals surface area contributed by atoms with E-state index in [4.69, 9.17) is 0 Å². The summed E-state index contributed by atoms with van der Waals surface area (Å²) in [5.74, 6) is -0.408. The van der Waals surface area contributed by atoms with Crippen molar-refractivity contribution in [2.75, 3.05) is 0 Å². The fourth-order valence-electron chi connectivity index (χ4n) is 3.07. The van der Waals surface area contributed by atoms with Crippen LogP contribution < -0.4 is 0 Å². The Morgan fingerprint density at radius 2 is 1.60 bits per heavy atom. The van der Waals surface area contributed by atoms with Crippen LogP contribution in [0.25, 0.3) is 0 Å². The van der Waals surface area contributed by atoms with Gasteiger partial charge in [-0.3, -0.25) is 0 Å². The highest BCUT2D eigenvalue weighted by Gasteiger charge is 2.33. The van der Waals surface area contributed by atoms with E-state index in [-0.39, 0.29) is 34.8 Å². The van der Waals surface area contributed by atoms with E-state index < -0.39 is 0 Å². The van der Waals surface area contributed by atoms with Crippen LogP contribution in [0.15, 0.2) is 30.3 Å². The molecule has 1 aliphatic carbocycles. The van der Waals surface area contributed by atoms with Gasteiger partial charge in [-0.05, 0) is 41.7 Å². The molecular weight excluding hydrogens is 256 g/mol. The molecule has 4 nitrogen and oxygen atoms in total. The molecule has 0 aromatic heterocycles. The highest BCUT2D eigenvalue weighted by molar-refractivity contribution is 5.58. The molecule has 0 saturated heterocycles. The lowest BCUT2D eigenvalue weighted by Crippen LogP contribution is -1.96. The van der Waals surface area contributed by atoms with Gasteiger partial charge in [-0.15, -0.1) is 0 Å². The number of aromatic hydroxyl groups is 4. The zero-order valence-electron chi connectivity index (χ0n) is 11.0. The molecule has 104 valence electrons. The van der Waals surface area contributed by atoms with Gasteiger partial charge in [0.15, 0.2) is 23.0 Å². The van der Waals surface area contributed by atoms with Crippen LogP contribution in [0.2, 0.25) is 0 Å². The minimum absolute atomic E-state index is 0.0931. The number of rotatable bonds is 1. The van der Waals surface area contributed by atoms with Gasteiger partial charge < -0.3 is 20.4 Å². The van der Waals surface area contributed by atoms with E-state index in [1.54, 1.807) is 6.07 Å². The predicted octanol–water partition coefficient (Wildman–Crippen LogP) is 3.15. The summed E-state index contributed by atoms with van der Waals surface area (Å²) in [5, 5.41) is 38.9. The van der Waals surface area contributed by atoms with Crippen molar-refractivity contribution in [2.45, 2.75) is 25.2 Å². The Balaban J connectivity index is 2.15. The van der Waals surface area contributed by atoms with Crippen molar-refractivity contribution in [1.29, 1.82) is 0 Å². The van der Waals surface area contributed by atoms with Crippen LogP contribution in [-0.2, 0) is 0 Å². The average molecular weight is 272 g/mol. The van der Waals surface area contributed by atoms with Crippen molar-refractivity contribution >= 4 is 0 Å². The van der Waals surface area contributed by atoms with Gasteiger partial charge in [0.25, 0.3) is 0 Å². The van der Waals surface area contributed by atoms with E-state index in [2.05, 4.69) is 6.92 Å². The Morgan fingerprint density at radius 1 is 0.900 bits per heavy atom. The van der Waals surface area contributed by atoms with Gasteiger partial charge in [0.05, 0.1) is 0 Å². The van der Waals surface area contributed by atoms with Crippen LogP contribution in [0.4, 0.5) is 0 Å². The first kappa shape index (κ1) is 12.7. The second-order valence-electron chi connectivity index (χ2n) is 5.37. The average Bonchev–Trinajstić information content (AvgIpc) is 2.75. The predicted molar refractivity (Wildman–Crippen MR) is 74.4 cm³/mol. The third-order valence-electron chi connectivity index (χ3n) is 4.10. The standard InChI is InChI=1S/C16H16O4/c1-8-6-11(9-2-4-12(17)14(19)7-9)15-10(8)3-5-13(18)16(15)20/h2-5,7-8,11,17-20H,6H2,1H3/t8-,11-/m1/s1. The highest BCUT2D eigenvalue weighted by atomic mass is 16.3. The first-order valence-corrected chi connectivity index (χ1v) is 6.55. The molecule has 3 rings (SSSR count). The maximum absolute atomic E-state index is 10.1. The summed E-state index contributed by atoms with van der Waals surface area (Å²) in [4.78, 5) is 0. The number of fused-ring (bicyclic) bond motifs is 1. The lowest BCUT2D eigenvalue weighted by Gasteiger charge is -2.15. The molecule has 1 aliphatic rings. The zero-order chi connectivity index (χ0) is 14.4. The molecule has 0 aliphatic heterocycles. The van der Waals surface area contributed by atoms with E-state index in [0.717, 1.165) is 17.5 Å². The van der Waals surface area contributed by atoms with Gasteiger partial charge in [0, 0.05) is 11.5 Å². The molecule has 0 fully saturated rings. The number of hydrogen-bond donors (Lipinski definition) is 4. The molecule has 4 N–H and O–H groups in total. The summed E-state index contributed by atoms with van der Waals surface area (Å²) in [6.45, 7) is 2.07. The molecule has 0 heterocycles. The Bertz CT molecular complexity index is 678. The third-order valence-corrected chi connectivity index (χ3v) is 4.10. The first-order valence-electron chi connectivity index (χ1n) is 6.55. The van der Waals surface area contributed by atoms with Gasteiger partial charge in [0.2, 0.25) is 0 Å². The molecule has 0 unspecified atom stereocenters. The molecule has 0 radical (unpaired) electrons. The van der Waals surface area contributed by atoms with Crippen molar-refractivity contribution in [2.24, 2.45) is 0 Å². The SMILES string of the molecule is C[C@@H]1C[C@H](c2ccc(O)c(O)c2)c2c1ccc(O)c2O. The van der Waals surface area contributed by atoms with Crippen molar-refractivity contribution in [3.8, 4) is 23.0 Å². The van der Waals surface area contributed by atoms with E-state index in [1.807, 2.05) is 6.07 Å². The van der Waals surface area contributed by atoms with Gasteiger partial charge in [-0.25, -0.2) is 0 Å². The molecule has 0 spiro atoms. The quantitative estimate of drug-likeness (QED) is 0.601. The lowest BCUT2D eigenvalue weighted by atomic mass is 9.91. The number of phenols is 4. The molecule has 4 heteroatoms. The second-order valence-corrected chi connectivity index (χ2v) is 5.37. The largest absolute Gasteiger partial charge is 0.504 e. The normalized spacial score (nSPS) is 20.9. The Hall–Kier alpha value is -2.36. The minimum atomic E-state index is -0.178. The summed E-state index contributed by atoms with van der Waals surface area (Å²) in [6.07, 6.45) is 0.788. The maximum atomic E-state index is 10.1. The molecule has 0 amide bonds. The molecule has 0 bridgehead atoms. The summed E-state index contributed by atoms with van der Waals surface area (Å²) in [7, 11) is 0. The van der Waals surface area contributed by atoms with Crippen LogP contribution in [0, 0.1) is 0 Å². The Kier molecular flexibility index (Phi) is 2.74. The monoisotopic (exact) mass is 272 g/mol. The topological polar surface area (TPSA) is 80.9 Å². The molecule has 2 aromatic carbocycles. The Morgan fingerprint density at radius 3 is 2.30 bits per heavy atom. The molecule has 2 atom stereocenters. The van der Waals surface area contributed by atoms with Crippen molar-refractivity contribution in [3.63, 3.8) is 0 Å². The van der Waals surface area contributed by atoms with E-state index in [0.29, 0.717) is 5.56 Å². The molecule has 20 heavy (non-hydrogen) atoms. The van der Waals surface area contributed by atoms with Gasteiger partial charge in [-0.2, -0.15) is 0 Å². The van der Waals surface area contributed by atoms with Crippen molar-refractivity contribution in [1.82, 2.24) is 0 Å². The fourth-order valence-corrected chi connectivity index (χ4v) is 3.07.